The Balaban J connectivity index is 2.17. The fraction of sp³-hybridized carbons (Fsp3) is 0.286. The molecule has 0 atom stereocenters. The van der Waals surface area contributed by atoms with Crippen LogP contribution in [0.15, 0.2) is 28.1 Å². The number of aromatic nitrogens is 3. The highest BCUT2D eigenvalue weighted by molar-refractivity contribution is 6.38. The Hall–Kier alpha value is -1.92. The van der Waals surface area contributed by atoms with Crippen molar-refractivity contribution in [2.24, 2.45) is 5.10 Å². The fourth-order valence-electron chi connectivity index (χ4n) is 1.67. The number of benzene rings is 1. The lowest BCUT2D eigenvalue weighted by atomic mass is 9.93. The van der Waals surface area contributed by atoms with Crippen molar-refractivity contribution >= 4 is 35.4 Å². The average Bonchev–Trinajstić information content (AvgIpc) is 2.40. The fourth-order valence-corrected chi connectivity index (χ4v) is 2.17. The highest BCUT2D eigenvalue weighted by Crippen LogP contribution is 2.22. The predicted octanol–water partition coefficient (Wildman–Crippen LogP) is 3.22. The lowest BCUT2D eigenvalue weighted by molar-refractivity contribution is 0.547. The molecule has 0 amide bonds. The van der Waals surface area contributed by atoms with Gasteiger partial charge in [-0.15, -0.1) is 10.2 Å². The van der Waals surface area contributed by atoms with Gasteiger partial charge in [-0.2, -0.15) is 5.10 Å². The molecule has 0 aliphatic rings. The van der Waals surface area contributed by atoms with Crippen LogP contribution in [0.1, 0.15) is 32.0 Å². The van der Waals surface area contributed by atoms with Gasteiger partial charge in [0, 0.05) is 11.0 Å². The summed E-state index contributed by atoms with van der Waals surface area (Å²) in [5.74, 6) is 0.137. The van der Waals surface area contributed by atoms with Crippen LogP contribution in [0, 0.1) is 0 Å². The minimum atomic E-state index is -0.381. The van der Waals surface area contributed by atoms with Gasteiger partial charge >= 0.3 is 0 Å². The first-order valence-electron chi connectivity index (χ1n) is 6.49. The molecule has 0 spiro atoms. The first-order valence-corrected chi connectivity index (χ1v) is 7.25. The third kappa shape index (κ3) is 3.84. The standard InChI is InChI=1S/C14H15Cl2N5O/c1-14(2,3)11-12(22)18-13(21-19-11)20-17-7-8-9(15)5-4-6-10(8)16/h4-7H,1-3H3,(H2,18,20,21,22)/b17-7+. The van der Waals surface area contributed by atoms with Crippen molar-refractivity contribution in [1.82, 2.24) is 15.2 Å². The number of hydrazone groups is 1. The highest BCUT2D eigenvalue weighted by atomic mass is 35.5. The topological polar surface area (TPSA) is 83.0 Å². The SMILES string of the molecule is CC(C)(C)c1nnc(N/N=C/c2c(Cl)cccc2Cl)[nH]c1=O. The Morgan fingerprint density at radius 3 is 2.41 bits per heavy atom. The number of nitrogens with one attached hydrogen (secondary N) is 2. The molecule has 0 bridgehead atoms. The average molecular weight is 340 g/mol. The largest absolute Gasteiger partial charge is 0.288 e. The van der Waals surface area contributed by atoms with Gasteiger partial charge in [0.05, 0.1) is 16.3 Å². The lowest BCUT2D eigenvalue weighted by Crippen LogP contribution is -2.28. The molecule has 1 heterocycles. The highest BCUT2D eigenvalue weighted by Gasteiger charge is 2.20. The van der Waals surface area contributed by atoms with E-state index in [-0.39, 0.29) is 16.9 Å². The van der Waals surface area contributed by atoms with E-state index in [2.05, 4.69) is 25.7 Å². The quantitative estimate of drug-likeness (QED) is 0.664. The van der Waals surface area contributed by atoms with E-state index in [4.69, 9.17) is 23.2 Å². The van der Waals surface area contributed by atoms with Crippen LogP contribution in [-0.4, -0.2) is 21.4 Å². The molecule has 0 saturated heterocycles. The number of aromatic amines is 1. The van der Waals surface area contributed by atoms with Crippen LogP contribution < -0.4 is 11.0 Å². The number of hydrogen-bond acceptors (Lipinski definition) is 5. The second-order valence-corrected chi connectivity index (χ2v) is 6.42. The molecule has 6 nitrogen and oxygen atoms in total. The van der Waals surface area contributed by atoms with Crippen LogP contribution in [0.25, 0.3) is 0 Å². The van der Waals surface area contributed by atoms with Crippen LogP contribution in [0.5, 0.6) is 0 Å². The van der Waals surface area contributed by atoms with Gasteiger partial charge in [0.15, 0.2) is 0 Å². The first-order chi connectivity index (χ1) is 10.3. The summed E-state index contributed by atoms with van der Waals surface area (Å²) in [6.45, 7) is 5.66. The summed E-state index contributed by atoms with van der Waals surface area (Å²) >= 11 is 12.0. The zero-order chi connectivity index (χ0) is 16.3. The van der Waals surface area contributed by atoms with Crippen molar-refractivity contribution in [1.29, 1.82) is 0 Å². The molecular formula is C14H15Cl2N5O. The molecule has 1 aromatic heterocycles. The lowest BCUT2D eigenvalue weighted by Gasteiger charge is -2.15. The third-order valence-electron chi connectivity index (χ3n) is 2.77. The van der Waals surface area contributed by atoms with Crippen LogP contribution in [0.3, 0.4) is 0 Å². The Kier molecular flexibility index (Phi) is 4.83. The zero-order valence-corrected chi connectivity index (χ0v) is 13.8. The van der Waals surface area contributed by atoms with E-state index in [9.17, 15) is 4.79 Å². The second kappa shape index (κ2) is 6.46. The van der Waals surface area contributed by atoms with Gasteiger partial charge in [-0.25, -0.2) is 5.43 Å². The van der Waals surface area contributed by atoms with E-state index in [1.807, 2.05) is 20.8 Å². The summed E-state index contributed by atoms with van der Waals surface area (Å²) in [4.78, 5) is 14.5. The minimum Gasteiger partial charge on any atom is -0.288 e. The normalized spacial score (nSPS) is 11.9. The van der Waals surface area contributed by atoms with Gasteiger partial charge in [0.2, 0.25) is 5.95 Å². The molecule has 2 rings (SSSR count). The van der Waals surface area contributed by atoms with Crippen molar-refractivity contribution in [2.45, 2.75) is 26.2 Å². The molecule has 2 N–H and O–H groups in total. The van der Waals surface area contributed by atoms with Crippen LogP contribution in [-0.2, 0) is 5.41 Å². The molecular weight excluding hydrogens is 325 g/mol. The van der Waals surface area contributed by atoms with E-state index in [1.54, 1.807) is 18.2 Å². The summed E-state index contributed by atoms with van der Waals surface area (Å²) < 4.78 is 0. The first kappa shape index (κ1) is 16.5. The predicted molar refractivity (Wildman–Crippen MR) is 89.0 cm³/mol. The van der Waals surface area contributed by atoms with Crippen LogP contribution in [0.2, 0.25) is 10.0 Å². The molecule has 0 saturated carbocycles. The van der Waals surface area contributed by atoms with E-state index in [0.29, 0.717) is 21.3 Å². The second-order valence-electron chi connectivity index (χ2n) is 5.61. The van der Waals surface area contributed by atoms with Crippen molar-refractivity contribution in [2.75, 3.05) is 5.43 Å². The molecule has 116 valence electrons. The van der Waals surface area contributed by atoms with Gasteiger partial charge < -0.3 is 0 Å². The molecule has 2 aromatic rings. The Morgan fingerprint density at radius 2 is 1.86 bits per heavy atom. The van der Waals surface area contributed by atoms with Crippen LogP contribution >= 0.6 is 23.2 Å². The Bertz CT molecular complexity index is 744. The van der Waals surface area contributed by atoms with E-state index in [0.717, 1.165) is 0 Å². The number of rotatable bonds is 3. The Morgan fingerprint density at radius 1 is 1.23 bits per heavy atom. The number of H-pyrrole nitrogens is 1. The van der Waals surface area contributed by atoms with Gasteiger partial charge in [-0.3, -0.25) is 9.78 Å². The third-order valence-corrected chi connectivity index (χ3v) is 3.43. The number of hydrogen-bond donors (Lipinski definition) is 2. The molecule has 1 aromatic carbocycles. The molecule has 0 fully saturated rings. The maximum atomic E-state index is 11.9. The number of nitrogens with zero attached hydrogens (tertiary/aromatic N) is 3. The molecule has 0 unspecified atom stereocenters. The molecule has 0 aliphatic carbocycles. The van der Waals surface area contributed by atoms with Crippen LogP contribution in [0.4, 0.5) is 5.95 Å². The van der Waals surface area contributed by atoms with Gasteiger partial charge in [-0.05, 0) is 12.1 Å². The zero-order valence-electron chi connectivity index (χ0n) is 12.3. The van der Waals surface area contributed by atoms with Crippen molar-refractivity contribution in [3.63, 3.8) is 0 Å². The minimum absolute atomic E-state index is 0.137. The molecule has 0 radical (unpaired) electrons. The Labute approximate surface area is 137 Å². The van der Waals surface area contributed by atoms with Crippen molar-refractivity contribution in [3.8, 4) is 0 Å². The summed E-state index contributed by atoms with van der Waals surface area (Å²) in [5, 5.41) is 12.7. The number of halogens is 2. The molecule has 22 heavy (non-hydrogen) atoms. The summed E-state index contributed by atoms with van der Waals surface area (Å²) in [6, 6.07) is 5.15. The summed E-state index contributed by atoms with van der Waals surface area (Å²) in [7, 11) is 0. The monoisotopic (exact) mass is 339 g/mol. The van der Waals surface area contributed by atoms with Gasteiger partial charge in [-0.1, -0.05) is 50.0 Å². The molecule has 0 aliphatic heterocycles. The summed E-state index contributed by atoms with van der Waals surface area (Å²) in [5.41, 5.74) is 2.83. The van der Waals surface area contributed by atoms with Gasteiger partial charge in [0.1, 0.15) is 5.69 Å². The van der Waals surface area contributed by atoms with Gasteiger partial charge in [0.25, 0.3) is 5.56 Å². The van der Waals surface area contributed by atoms with E-state index < -0.39 is 0 Å². The number of anilines is 1. The van der Waals surface area contributed by atoms with Crippen molar-refractivity contribution < 1.29 is 0 Å². The summed E-state index contributed by atoms with van der Waals surface area (Å²) in [6.07, 6.45) is 1.45. The van der Waals surface area contributed by atoms with E-state index in [1.165, 1.54) is 6.21 Å². The van der Waals surface area contributed by atoms with E-state index >= 15 is 0 Å². The van der Waals surface area contributed by atoms with Crippen molar-refractivity contribution in [3.05, 3.63) is 49.9 Å². The smallest absolute Gasteiger partial charge is 0.274 e. The molecule has 8 heteroatoms. The maximum absolute atomic E-state index is 11.9. The maximum Gasteiger partial charge on any atom is 0.274 e.